The summed E-state index contributed by atoms with van der Waals surface area (Å²) in [4.78, 5) is 15.0. The smallest absolute Gasteiger partial charge is 0.317 e. The van der Waals surface area contributed by atoms with Crippen molar-refractivity contribution in [1.29, 1.82) is 0 Å². The van der Waals surface area contributed by atoms with Crippen LogP contribution in [-0.4, -0.2) is 37.5 Å². The van der Waals surface area contributed by atoms with Crippen LogP contribution in [0.25, 0.3) is 0 Å². The number of nitrogens with one attached hydrogen (secondary N) is 1. The Morgan fingerprint density at radius 3 is 1.17 bits per heavy atom. The van der Waals surface area contributed by atoms with E-state index in [2.05, 4.69) is 10.3 Å². The van der Waals surface area contributed by atoms with E-state index in [1.54, 1.807) is 76.1 Å². The fourth-order valence-electron chi connectivity index (χ4n) is 7.39. The van der Waals surface area contributed by atoms with Crippen LogP contribution in [0, 0.1) is 0 Å². The maximum absolute atomic E-state index is 10.9. The van der Waals surface area contributed by atoms with Crippen molar-refractivity contribution >= 4 is 52.3 Å². The van der Waals surface area contributed by atoms with E-state index in [9.17, 15) is 9.90 Å². The van der Waals surface area contributed by atoms with Crippen LogP contribution in [0.1, 0.15) is 33.4 Å². The van der Waals surface area contributed by atoms with Gasteiger partial charge in [-0.1, -0.05) is 102 Å². The molecule has 6 N–H and O–H groups in total. The van der Waals surface area contributed by atoms with Gasteiger partial charge >= 0.3 is 6.03 Å². The Balaban J connectivity index is 0.000000164. The number of hydrogen-bond acceptors (Lipinski definition) is 10. The van der Waals surface area contributed by atoms with Crippen LogP contribution in [0.4, 0.5) is 16.3 Å². The van der Waals surface area contributed by atoms with Gasteiger partial charge in [0, 0.05) is 27.0 Å². The van der Waals surface area contributed by atoms with E-state index in [1.807, 2.05) is 140 Å². The standard InChI is InChI=1S/C20H18ClN3O3.C20H18ClNO2.C20H17ClO3/c1-26-17-7-5-13(9-14-6-8-19(23-12-14)24-20(22)25)10-18(17)27-16-4-2-3-15(21)11-16;2*1-23-19-10-7-15(11-14-5-8-17(22)9-6-14)12-20(19)24-18-4-2-3-16(21)13-18/h2-8,10-12H,9H2,1H3,(H3,22,23,24,25);2-10,12-13H,11,22H2,1H3;2-10,12-13,22H,11H2,1H3. The second-order valence-electron chi connectivity index (χ2n) is 16.6. The van der Waals surface area contributed by atoms with E-state index in [4.69, 9.17) is 74.7 Å². The number of aromatic hydroxyl groups is 1. The molecule has 0 unspecified atom stereocenters. The van der Waals surface area contributed by atoms with Crippen molar-refractivity contribution in [1.82, 2.24) is 4.98 Å². The van der Waals surface area contributed by atoms with Crippen LogP contribution >= 0.6 is 34.8 Å². The number of halogens is 3. The Morgan fingerprint density at radius 2 is 0.827 bits per heavy atom. The third-order valence-corrected chi connectivity index (χ3v) is 11.7. The highest BCUT2D eigenvalue weighted by atomic mass is 35.5. The molecule has 8 aromatic carbocycles. The lowest BCUT2D eigenvalue weighted by Crippen LogP contribution is -2.19. The largest absolute Gasteiger partial charge is 0.508 e. The minimum atomic E-state index is -0.645. The molecule has 0 spiro atoms. The summed E-state index contributed by atoms with van der Waals surface area (Å²) in [5.74, 6) is 6.47. The molecule has 9 aromatic rings. The molecule has 12 nitrogen and oxygen atoms in total. The summed E-state index contributed by atoms with van der Waals surface area (Å²) in [5, 5.41) is 13.6. The van der Waals surface area contributed by atoms with E-state index >= 15 is 0 Å². The van der Waals surface area contributed by atoms with E-state index in [0.29, 0.717) is 79.1 Å². The van der Waals surface area contributed by atoms with Gasteiger partial charge in [0.1, 0.15) is 28.8 Å². The number of carbonyl (C=O) groups is 1. The quantitative estimate of drug-likeness (QED) is 0.0683. The lowest BCUT2D eigenvalue weighted by atomic mass is 10.0. The molecule has 0 atom stereocenters. The maximum atomic E-state index is 10.9. The molecule has 1 aromatic heterocycles. The molecule has 0 aliphatic carbocycles. The first-order chi connectivity index (χ1) is 36.3. The predicted molar refractivity (Wildman–Crippen MR) is 298 cm³/mol. The van der Waals surface area contributed by atoms with Gasteiger partial charge in [-0.2, -0.15) is 0 Å². The lowest BCUT2D eigenvalue weighted by molar-refractivity contribution is 0.259. The highest BCUT2D eigenvalue weighted by Crippen LogP contribution is 2.37. The average molecular weight is 1060 g/mol. The molecule has 2 amide bonds. The number of methoxy groups -OCH3 is 3. The molecule has 0 radical (unpaired) electrons. The summed E-state index contributed by atoms with van der Waals surface area (Å²) in [7, 11) is 4.83. The Labute approximate surface area is 450 Å². The number of carbonyl (C=O) groups excluding carboxylic acids is 1. The Morgan fingerprint density at radius 1 is 0.467 bits per heavy atom. The fourth-order valence-corrected chi connectivity index (χ4v) is 7.93. The van der Waals surface area contributed by atoms with Crippen molar-refractivity contribution in [2.24, 2.45) is 5.73 Å². The summed E-state index contributed by atoms with van der Waals surface area (Å²) in [6, 6.07) is 57.1. The zero-order chi connectivity index (χ0) is 53.1. The normalized spacial score (nSPS) is 10.4. The highest BCUT2D eigenvalue weighted by Gasteiger charge is 2.12. The number of amides is 2. The first kappa shape index (κ1) is 54.2. The van der Waals surface area contributed by atoms with Crippen LogP contribution < -0.4 is 45.2 Å². The number of nitrogens with zero attached hydrogens (tertiary/aromatic N) is 1. The number of ether oxygens (including phenoxy) is 6. The topological polar surface area (TPSA) is 170 Å². The van der Waals surface area contributed by atoms with Crippen LogP contribution in [0.15, 0.2) is 194 Å². The molecule has 0 fully saturated rings. The van der Waals surface area contributed by atoms with E-state index in [1.165, 1.54) is 5.56 Å². The van der Waals surface area contributed by atoms with Crippen LogP contribution in [-0.2, 0) is 19.3 Å². The molecule has 15 heteroatoms. The average Bonchev–Trinajstić information content (AvgIpc) is 3.39. The van der Waals surface area contributed by atoms with E-state index in [-0.39, 0.29) is 5.75 Å². The van der Waals surface area contributed by atoms with E-state index < -0.39 is 6.03 Å². The third-order valence-electron chi connectivity index (χ3n) is 11.0. The van der Waals surface area contributed by atoms with Gasteiger partial charge in [-0.3, -0.25) is 5.32 Å². The molecule has 0 bridgehead atoms. The van der Waals surface area contributed by atoms with Crippen molar-refractivity contribution in [3.05, 3.63) is 243 Å². The zero-order valence-corrected chi connectivity index (χ0v) is 43.4. The van der Waals surface area contributed by atoms with E-state index in [0.717, 1.165) is 46.3 Å². The van der Waals surface area contributed by atoms with Crippen molar-refractivity contribution in [3.8, 4) is 57.5 Å². The maximum Gasteiger partial charge on any atom is 0.317 e. The monoisotopic (exact) mass is 1060 g/mol. The number of aromatic nitrogens is 1. The number of benzene rings is 8. The number of anilines is 2. The van der Waals surface area contributed by atoms with Gasteiger partial charge in [0.05, 0.1) is 21.3 Å². The Hall–Kier alpha value is -8.55. The SMILES string of the molecule is COc1ccc(Cc2ccc(N)cc2)cc1Oc1cccc(Cl)c1.COc1ccc(Cc2ccc(NC(N)=O)nc2)cc1Oc1cccc(Cl)c1.COc1ccc(Cc2ccc(O)cc2)cc1Oc1cccc(Cl)c1. The minimum Gasteiger partial charge on any atom is -0.508 e. The molecule has 75 heavy (non-hydrogen) atoms. The number of pyridine rings is 1. The van der Waals surface area contributed by atoms with Gasteiger partial charge in [-0.15, -0.1) is 0 Å². The molecular weight excluding hydrogens is 1010 g/mol. The minimum absolute atomic E-state index is 0.262. The molecule has 0 aliphatic heterocycles. The number of urea groups is 1. The van der Waals surface area contributed by atoms with Gasteiger partial charge in [0.15, 0.2) is 34.5 Å². The van der Waals surface area contributed by atoms with Gasteiger partial charge in [0.25, 0.3) is 0 Å². The molecule has 382 valence electrons. The molecule has 0 saturated heterocycles. The van der Waals surface area contributed by atoms with Crippen molar-refractivity contribution in [2.45, 2.75) is 19.3 Å². The second-order valence-corrected chi connectivity index (χ2v) is 17.9. The van der Waals surface area contributed by atoms with Gasteiger partial charge in [-0.25, -0.2) is 9.78 Å². The fraction of sp³-hybridized carbons (Fsp3) is 0.100. The molecule has 0 saturated carbocycles. The number of phenols is 1. The van der Waals surface area contributed by atoms with Crippen molar-refractivity contribution < 1.29 is 38.3 Å². The predicted octanol–water partition coefficient (Wildman–Crippen LogP) is 15.4. The van der Waals surface area contributed by atoms with Crippen molar-refractivity contribution in [3.63, 3.8) is 0 Å². The first-order valence-corrected chi connectivity index (χ1v) is 24.4. The lowest BCUT2D eigenvalue weighted by Gasteiger charge is -2.12. The number of hydrogen-bond donors (Lipinski definition) is 4. The second kappa shape index (κ2) is 26.9. The Bertz CT molecular complexity index is 3170. The summed E-state index contributed by atoms with van der Waals surface area (Å²) >= 11 is 18.0. The van der Waals surface area contributed by atoms with Crippen LogP contribution in [0.3, 0.4) is 0 Å². The molecule has 0 aliphatic rings. The number of primary amides is 1. The Kier molecular flexibility index (Phi) is 19.5. The highest BCUT2D eigenvalue weighted by molar-refractivity contribution is 6.31. The number of rotatable bonds is 16. The first-order valence-electron chi connectivity index (χ1n) is 23.3. The van der Waals surface area contributed by atoms with Crippen molar-refractivity contribution in [2.75, 3.05) is 32.4 Å². The van der Waals surface area contributed by atoms with Gasteiger partial charge in [-0.05, 0) is 174 Å². The van der Waals surface area contributed by atoms with Crippen LogP contribution in [0.2, 0.25) is 15.1 Å². The third kappa shape index (κ3) is 17.0. The summed E-state index contributed by atoms with van der Waals surface area (Å²) in [6.07, 6.45) is 3.85. The molecule has 1 heterocycles. The number of nitrogen functional groups attached to an aromatic ring is 1. The molecular formula is C60H53Cl3N4O8. The summed E-state index contributed by atoms with van der Waals surface area (Å²) in [5.41, 5.74) is 18.1. The zero-order valence-electron chi connectivity index (χ0n) is 41.1. The van der Waals surface area contributed by atoms with Gasteiger partial charge in [0.2, 0.25) is 0 Å². The van der Waals surface area contributed by atoms with Gasteiger partial charge < -0.3 is 45.0 Å². The summed E-state index contributed by atoms with van der Waals surface area (Å²) in [6.45, 7) is 0. The number of phenolic OH excluding ortho intramolecular Hbond substituents is 1. The summed E-state index contributed by atoms with van der Waals surface area (Å²) < 4.78 is 34.0. The number of nitrogens with two attached hydrogens (primary N) is 2. The van der Waals surface area contributed by atoms with Crippen LogP contribution in [0.5, 0.6) is 57.5 Å². The molecule has 9 rings (SSSR count).